The Bertz CT molecular complexity index is 457. The zero-order chi connectivity index (χ0) is 15.1. The van der Waals surface area contributed by atoms with E-state index in [1.54, 1.807) is 31.4 Å². The van der Waals surface area contributed by atoms with Gasteiger partial charge in [-0.2, -0.15) is 0 Å². The van der Waals surface area contributed by atoms with Crippen LogP contribution in [0.5, 0.6) is 5.75 Å². The molecule has 0 unspecified atom stereocenters. The number of carbonyl (C=O) groups excluding carboxylic acids is 1. The van der Waals surface area contributed by atoms with Crippen LogP contribution in [0.3, 0.4) is 0 Å². The maximum Gasteiger partial charge on any atom is 0.326 e. The molecular weight excluding hydrogens is 260 g/mol. The monoisotopic (exact) mass is 280 g/mol. The van der Waals surface area contributed by atoms with E-state index < -0.39 is 18.0 Å². The molecule has 6 nitrogen and oxygen atoms in total. The molecule has 0 fully saturated rings. The summed E-state index contributed by atoms with van der Waals surface area (Å²) in [5.74, 6) is -0.180. The van der Waals surface area contributed by atoms with Gasteiger partial charge in [-0.25, -0.2) is 9.59 Å². The number of nitrogens with one attached hydrogen (secondary N) is 2. The summed E-state index contributed by atoms with van der Waals surface area (Å²) >= 11 is 0. The Balaban J connectivity index is 2.58. The van der Waals surface area contributed by atoms with E-state index >= 15 is 0 Å². The number of amides is 2. The second-order valence-corrected chi connectivity index (χ2v) is 4.85. The minimum Gasteiger partial charge on any atom is -0.497 e. The second-order valence-electron chi connectivity index (χ2n) is 4.85. The number of carboxylic acid groups (broad SMARTS) is 1. The van der Waals surface area contributed by atoms with Crippen molar-refractivity contribution in [2.24, 2.45) is 5.92 Å². The molecule has 1 aromatic rings. The van der Waals surface area contributed by atoms with Crippen molar-refractivity contribution in [2.45, 2.75) is 26.3 Å². The standard InChI is InChI=1S/C14H20N2O4/c1-9(2)8-12(13(17)18)16-14(19)15-10-4-6-11(20-3)7-5-10/h4-7,9,12H,8H2,1-3H3,(H,17,18)(H2,15,16,19)/t12-/m1/s1. The summed E-state index contributed by atoms with van der Waals surface area (Å²) in [7, 11) is 1.55. The minimum atomic E-state index is -1.04. The molecule has 3 N–H and O–H groups in total. The largest absolute Gasteiger partial charge is 0.497 e. The first-order valence-electron chi connectivity index (χ1n) is 6.36. The Hall–Kier alpha value is -2.24. The average Bonchev–Trinajstić information content (AvgIpc) is 2.38. The molecule has 6 heteroatoms. The van der Waals surface area contributed by atoms with Gasteiger partial charge in [0.05, 0.1) is 7.11 Å². The first-order chi connectivity index (χ1) is 9.42. The summed E-state index contributed by atoms with van der Waals surface area (Å²) in [6.45, 7) is 3.80. The predicted molar refractivity (Wildman–Crippen MR) is 76.0 cm³/mol. The molecule has 0 aliphatic heterocycles. The van der Waals surface area contributed by atoms with Gasteiger partial charge in [-0.3, -0.25) is 0 Å². The van der Waals surface area contributed by atoms with Crippen molar-refractivity contribution in [2.75, 3.05) is 12.4 Å². The van der Waals surface area contributed by atoms with Gasteiger partial charge in [0.1, 0.15) is 11.8 Å². The number of methoxy groups -OCH3 is 1. The van der Waals surface area contributed by atoms with Crippen LogP contribution in [-0.4, -0.2) is 30.3 Å². The van der Waals surface area contributed by atoms with Gasteiger partial charge in [-0.05, 0) is 36.6 Å². The van der Waals surface area contributed by atoms with E-state index in [1.165, 1.54) is 0 Å². The molecule has 1 atom stereocenters. The molecule has 0 radical (unpaired) electrons. The quantitative estimate of drug-likeness (QED) is 0.746. The molecular formula is C14H20N2O4. The number of carboxylic acids is 1. The third-order valence-electron chi connectivity index (χ3n) is 2.66. The molecule has 110 valence electrons. The fourth-order valence-electron chi connectivity index (χ4n) is 1.69. The van der Waals surface area contributed by atoms with Crippen LogP contribution in [0.2, 0.25) is 0 Å². The van der Waals surface area contributed by atoms with Gasteiger partial charge in [-0.1, -0.05) is 13.8 Å². The van der Waals surface area contributed by atoms with E-state index in [9.17, 15) is 9.59 Å². The fraction of sp³-hybridized carbons (Fsp3) is 0.429. The smallest absolute Gasteiger partial charge is 0.326 e. The minimum absolute atomic E-state index is 0.178. The first-order valence-corrected chi connectivity index (χ1v) is 6.36. The average molecular weight is 280 g/mol. The number of rotatable bonds is 6. The van der Waals surface area contributed by atoms with Crippen molar-refractivity contribution in [3.8, 4) is 5.75 Å². The Morgan fingerprint density at radius 1 is 1.25 bits per heavy atom. The zero-order valence-corrected chi connectivity index (χ0v) is 11.8. The van der Waals surface area contributed by atoms with Gasteiger partial charge in [0.15, 0.2) is 0 Å². The molecule has 0 heterocycles. The molecule has 0 spiro atoms. The van der Waals surface area contributed by atoms with Crippen molar-refractivity contribution in [1.82, 2.24) is 5.32 Å². The highest BCUT2D eigenvalue weighted by atomic mass is 16.5. The van der Waals surface area contributed by atoms with Gasteiger partial charge in [0.2, 0.25) is 0 Å². The number of benzene rings is 1. The number of ether oxygens (including phenoxy) is 1. The number of hydrogen-bond acceptors (Lipinski definition) is 3. The summed E-state index contributed by atoms with van der Waals surface area (Å²) in [6.07, 6.45) is 0.380. The van der Waals surface area contributed by atoms with E-state index in [0.29, 0.717) is 17.9 Å². The maximum absolute atomic E-state index is 11.7. The number of anilines is 1. The molecule has 0 aliphatic rings. The van der Waals surface area contributed by atoms with Gasteiger partial charge in [0, 0.05) is 5.69 Å². The molecule has 0 aliphatic carbocycles. The van der Waals surface area contributed by atoms with Crippen LogP contribution >= 0.6 is 0 Å². The predicted octanol–water partition coefficient (Wildman–Crippen LogP) is 2.32. The number of aliphatic carboxylic acids is 1. The van der Waals surface area contributed by atoms with Gasteiger partial charge in [0.25, 0.3) is 0 Å². The lowest BCUT2D eigenvalue weighted by molar-refractivity contribution is -0.139. The normalized spacial score (nSPS) is 11.8. The molecule has 0 saturated heterocycles. The lowest BCUT2D eigenvalue weighted by atomic mass is 10.0. The van der Waals surface area contributed by atoms with Crippen LogP contribution in [0.15, 0.2) is 24.3 Å². The van der Waals surface area contributed by atoms with E-state index in [0.717, 1.165) is 0 Å². The van der Waals surface area contributed by atoms with Crippen LogP contribution < -0.4 is 15.4 Å². The summed E-state index contributed by atoms with van der Waals surface area (Å²) in [4.78, 5) is 22.8. The third kappa shape index (κ3) is 5.17. The van der Waals surface area contributed by atoms with Crippen LogP contribution in [0, 0.1) is 5.92 Å². The first kappa shape index (κ1) is 15.8. The summed E-state index contributed by atoms with van der Waals surface area (Å²) in [5.41, 5.74) is 0.567. The van der Waals surface area contributed by atoms with Crippen molar-refractivity contribution in [3.05, 3.63) is 24.3 Å². The number of hydrogen-bond donors (Lipinski definition) is 3. The Labute approximate surface area is 118 Å². The van der Waals surface area contributed by atoms with Crippen LogP contribution in [0.1, 0.15) is 20.3 Å². The molecule has 1 aromatic carbocycles. The lowest BCUT2D eigenvalue weighted by Gasteiger charge is -2.17. The zero-order valence-electron chi connectivity index (χ0n) is 11.8. The van der Waals surface area contributed by atoms with Gasteiger partial charge < -0.3 is 20.5 Å². The summed E-state index contributed by atoms with van der Waals surface area (Å²) in [5, 5.41) is 14.1. The van der Waals surface area contributed by atoms with E-state index in [1.807, 2.05) is 13.8 Å². The Kier molecular flexibility index (Phi) is 5.83. The van der Waals surface area contributed by atoms with Crippen molar-refractivity contribution < 1.29 is 19.4 Å². The highest BCUT2D eigenvalue weighted by Gasteiger charge is 2.20. The third-order valence-corrected chi connectivity index (χ3v) is 2.66. The highest BCUT2D eigenvalue weighted by molar-refractivity contribution is 5.92. The van der Waals surface area contributed by atoms with Crippen molar-refractivity contribution in [1.29, 1.82) is 0 Å². The van der Waals surface area contributed by atoms with Crippen molar-refractivity contribution in [3.63, 3.8) is 0 Å². The number of carbonyl (C=O) groups is 2. The van der Waals surface area contributed by atoms with E-state index in [2.05, 4.69) is 10.6 Å². The van der Waals surface area contributed by atoms with Gasteiger partial charge in [-0.15, -0.1) is 0 Å². The Morgan fingerprint density at radius 2 is 1.85 bits per heavy atom. The molecule has 2 amide bonds. The van der Waals surface area contributed by atoms with Gasteiger partial charge >= 0.3 is 12.0 Å². The molecule has 20 heavy (non-hydrogen) atoms. The SMILES string of the molecule is COc1ccc(NC(=O)N[C@H](CC(C)C)C(=O)O)cc1. The Morgan fingerprint density at radius 3 is 2.30 bits per heavy atom. The summed E-state index contributed by atoms with van der Waals surface area (Å²) < 4.78 is 5.01. The number of urea groups is 1. The fourth-order valence-corrected chi connectivity index (χ4v) is 1.69. The van der Waals surface area contributed by atoms with Crippen LogP contribution in [-0.2, 0) is 4.79 Å². The molecule has 0 saturated carbocycles. The van der Waals surface area contributed by atoms with Crippen molar-refractivity contribution >= 4 is 17.7 Å². The van der Waals surface area contributed by atoms with E-state index in [-0.39, 0.29) is 5.92 Å². The second kappa shape index (κ2) is 7.37. The van der Waals surface area contributed by atoms with E-state index in [4.69, 9.17) is 9.84 Å². The highest BCUT2D eigenvalue weighted by Crippen LogP contribution is 2.15. The molecule has 0 aromatic heterocycles. The molecule has 0 bridgehead atoms. The molecule has 1 rings (SSSR count). The lowest BCUT2D eigenvalue weighted by Crippen LogP contribution is -2.43. The maximum atomic E-state index is 11.7. The topological polar surface area (TPSA) is 87.7 Å². The van der Waals surface area contributed by atoms with Crippen LogP contribution in [0.4, 0.5) is 10.5 Å². The van der Waals surface area contributed by atoms with Crippen LogP contribution in [0.25, 0.3) is 0 Å². The summed E-state index contributed by atoms with van der Waals surface area (Å²) in [6, 6.07) is 5.33.